The molecule has 0 bridgehead atoms. The molecule has 104 valence electrons. The lowest BCUT2D eigenvalue weighted by molar-refractivity contribution is 0.259. The molecule has 0 fully saturated rings. The van der Waals surface area contributed by atoms with Gasteiger partial charge in [-0.05, 0) is 23.3 Å². The summed E-state index contributed by atoms with van der Waals surface area (Å²) in [6.45, 7) is 0. The molecule has 2 amide bonds. The lowest BCUT2D eigenvalue weighted by atomic mass is 10.2. The maximum atomic E-state index is 12.1. The number of benzene rings is 2. The van der Waals surface area contributed by atoms with E-state index in [0.717, 1.165) is 11.1 Å². The molecule has 0 aliphatic rings. The van der Waals surface area contributed by atoms with Crippen LogP contribution in [-0.2, 0) is 22.3 Å². The number of nitrogens with two attached hydrogens (primary N) is 1. The molecule has 0 aromatic heterocycles. The summed E-state index contributed by atoms with van der Waals surface area (Å²) in [7, 11) is -0.987. The van der Waals surface area contributed by atoms with Gasteiger partial charge in [-0.1, -0.05) is 42.5 Å². The quantitative estimate of drug-likeness (QED) is 0.887. The van der Waals surface area contributed by atoms with Gasteiger partial charge >= 0.3 is 6.03 Å². The zero-order chi connectivity index (χ0) is 14.4. The van der Waals surface area contributed by atoms with E-state index < -0.39 is 16.8 Å². The van der Waals surface area contributed by atoms with Crippen LogP contribution in [0, 0.1) is 0 Å². The SMILES string of the molecule is NC(=O)Nc1cccc(C[S@@](=O)Cc2ccccc2)c1. The number of urea groups is 1. The van der Waals surface area contributed by atoms with E-state index in [1.165, 1.54) is 0 Å². The van der Waals surface area contributed by atoms with Gasteiger partial charge in [0.2, 0.25) is 0 Å². The maximum Gasteiger partial charge on any atom is 0.316 e. The summed E-state index contributed by atoms with van der Waals surface area (Å²) in [5.41, 5.74) is 7.65. The summed E-state index contributed by atoms with van der Waals surface area (Å²) in [4.78, 5) is 10.8. The van der Waals surface area contributed by atoms with Gasteiger partial charge in [0.05, 0.1) is 0 Å². The highest BCUT2D eigenvalue weighted by molar-refractivity contribution is 7.83. The van der Waals surface area contributed by atoms with Crippen molar-refractivity contribution in [1.29, 1.82) is 0 Å². The third-order valence-electron chi connectivity index (χ3n) is 2.69. The summed E-state index contributed by atoms with van der Waals surface area (Å²) in [5, 5.41) is 2.51. The molecular formula is C15H16N2O2S. The minimum Gasteiger partial charge on any atom is -0.351 e. The first-order valence-corrected chi connectivity index (χ1v) is 7.66. The molecule has 0 spiro atoms. The number of carbonyl (C=O) groups excluding carboxylic acids is 1. The van der Waals surface area contributed by atoms with Crippen LogP contribution in [0.25, 0.3) is 0 Å². The second-order valence-corrected chi connectivity index (χ2v) is 5.86. The molecule has 0 unspecified atom stereocenters. The van der Waals surface area contributed by atoms with Gasteiger partial charge < -0.3 is 11.1 Å². The second-order valence-electron chi connectivity index (χ2n) is 4.40. The molecule has 3 N–H and O–H groups in total. The lowest BCUT2D eigenvalue weighted by Gasteiger charge is -2.06. The van der Waals surface area contributed by atoms with Crippen LogP contribution in [0.1, 0.15) is 11.1 Å². The van der Waals surface area contributed by atoms with Crippen molar-refractivity contribution in [2.24, 2.45) is 5.73 Å². The van der Waals surface area contributed by atoms with Crippen molar-refractivity contribution in [3.63, 3.8) is 0 Å². The van der Waals surface area contributed by atoms with Crippen LogP contribution in [0.4, 0.5) is 10.5 Å². The normalized spacial score (nSPS) is 11.8. The largest absolute Gasteiger partial charge is 0.351 e. The van der Waals surface area contributed by atoms with E-state index in [4.69, 9.17) is 5.73 Å². The van der Waals surface area contributed by atoms with Crippen molar-refractivity contribution in [3.05, 3.63) is 65.7 Å². The minimum atomic E-state index is -0.987. The highest BCUT2D eigenvalue weighted by Gasteiger charge is 2.05. The van der Waals surface area contributed by atoms with Gasteiger partial charge in [-0.3, -0.25) is 4.21 Å². The Labute approximate surface area is 120 Å². The molecular weight excluding hydrogens is 272 g/mol. The Morgan fingerprint density at radius 3 is 2.35 bits per heavy atom. The summed E-state index contributed by atoms with van der Waals surface area (Å²) < 4.78 is 12.1. The van der Waals surface area contributed by atoms with E-state index in [1.54, 1.807) is 18.2 Å². The van der Waals surface area contributed by atoms with Gasteiger partial charge in [0, 0.05) is 28.0 Å². The van der Waals surface area contributed by atoms with E-state index >= 15 is 0 Å². The highest BCUT2D eigenvalue weighted by atomic mass is 32.2. The molecule has 20 heavy (non-hydrogen) atoms. The number of amides is 2. The van der Waals surface area contributed by atoms with Gasteiger partial charge in [0.1, 0.15) is 0 Å². The van der Waals surface area contributed by atoms with E-state index in [0.29, 0.717) is 17.2 Å². The summed E-state index contributed by atoms with van der Waals surface area (Å²) in [6.07, 6.45) is 0. The van der Waals surface area contributed by atoms with Crippen molar-refractivity contribution in [2.75, 3.05) is 5.32 Å². The van der Waals surface area contributed by atoms with E-state index in [-0.39, 0.29) is 0 Å². The number of nitrogens with one attached hydrogen (secondary N) is 1. The van der Waals surface area contributed by atoms with Crippen molar-refractivity contribution in [1.82, 2.24) is 0 Å². The van der Waals surface area contributed by atoms with Gasteiger partial charge in [0.15, 0.2) is 0 Å². The van der Waals surface area contributed by atoms with Crippen LogP contribution in [0.15, 0.2) is 54.6 Å². The molecule has 0 aliphatic heterocycles. The maximum absolute atomic E-state index is 12.1. The smallest absolute Gasteiger partial charge is 0.316 e. The molecule has 0 saturated carbocycles. The van der Waals surface area contributed by atoms with Crippen LogP contribution in [-0.4, -0.2) is 10.2 Å². The average molecular weight is 288 g/mol. The molecule has 5 heteroatoms. The zero-order valence-corrected chi connectivity index (χ0v) is 11.7. The number of rotatable bonds is 5. The standard InChI is InChI=1S/C15H16N2O2S/c16-15(18)17-14-8-4-7-13(9-14)11-20(19)10-12-5-2-1-3-6-12/h1-9H,10-11H2,(H3,16,17,18)/t20-/m0/s1. The van der Waals surface area contributed by atoms with E-state index in [1.807, 2.05) is 36.4 Å². The Balaban J connectivity index is 1.99. The van der Waals surface area contributed by atoms with Crippen LogP contribution in [0.2, 0.25) is 0 Å². The Kier molecular flexibility index (Phi) is 4.90. The Bertz CT molecular complexity index is 614. The summed E-state index contributed by atoms with van der Waals surface area (Å²) in [5.74, 6) is 0.970. The van der Waals surface area contributed by atoms with Crippen molar-refractivity contribution < 1.29 is 9.00 Å². The van der Waals surface area contributed by atoms with Gasteiger partial charge in [-0.2, -0.15) is 0 Å². The molecule has 0 saturated heterocycles. The van der Waals surface area contributed by atoms with Gasteiger partial charge in [-0.25, -0.2) is 4.79 Å². The molecule has 0 heterocycles. The van der Waals surface area contributed by atoms with Gasteiger partial charge in [0.25, 0.3) is 0 Å². The summed E-state index contributed by atoms with van der Waals surface area (Å²) in [6, 6.07) is 16.3. The third kappa shape index (κ3) is 4.51. The van der Waals surface area contributed by atoms with Gasteiger partial charge in [-0.15, -0.1) is 0 Å². The Morgan fingerprint density at radius 1 is 1.00 bits per heavy atom. The molecule has 2 aromatic rings. The fourth-order valence-corrected chi connectivity index (χ4v) is 3.10. The third-order valence-corrected chi connectivity index (χ3v) is 4.00. The number of hydrogen-bond acceptors (Lipinski definition) is 2. The topological polar surface area (TPSA) is 72.2 Å². The average Bonchev–Trinajstić information content (AvgIpc) is 2.39. The first-order chi connectivity index (χ1) is 9.63. The number of primary amides is 1. The van der Waals surface area contributed by atoms with Crippen molar-refractivity contribution in [2.45, 2.75) is 11.5 Å². The molecule has 1 atom stereocenters. The molecule has 4 nitrogen and oxygen atoms in total. The Hall–Kier alpha value is -2.14. The molecule has 2 rings (SSSR count). The highest BCUT2D eigenvalue weighted by Crippen LogP contribution is 2.14. The summed E-state index contributed by atoms with van der Waals surface area (Å²) >= 11 is 0. The molecule has 0 aliphatic carbocycles. The molecule has 2 aromatic carbocycles. The van der Waals surface area contributed by atoms with Crippen LogP contribution < -0.4 is 11.1 Å². The van der Waals surface area contributed by atoms with Crippen LogP contribution >= 0.6 is 0 Å². The second kappa shape index (κ2) is 6.86. The number of hydrogen-bond donors (Lipinski definition) is 2. The minimum absolute atomic E-state index is 0.448. The molecule has 0 radical (unpaired) electrons. The number of anilines is 1. The fraction of sp³-hybridized carbons (Fsp3) is 0.133. The van der Waals surface area contributed by atoms with Crippen LogP contribution in [0.5, 0.6) is 0 Å². The van der Waals surface area contributed by atoms with Crippen molar-refractivity contribution in [3.8, 4) is 0 Å². The zero-order valence-electron chi connectivity index (χ0n) is 10.9. The first kappa shape index (κ1) is 14.3. The predicted octanol–water partition coefficient (Wildman–Crippen LogP) is 2.63. The van der Waals surface area contributed by atoms with E-state index in [2.05, 4.69) is 5.32 Å². The number of carbonyl (C=O) groups is 1. The Morgan fingerprint density at radius 2 is 1.65 bits per heavy atom. The lowest BCUT2D eigenvalue weighted by Crippen LogP contribution is -2.19. The van der Waals surface area contributed by atoms with E-state index in [9.17, 15) is 9.00 Å². The predicted molar refractivity (Wildman–Crippen MR) is 81.6 cm³/mol. The first-order valence-electron chi connectivity index (χ1n) is 6.18. The monoisotopic (exact) mass is 288 g/mol. The fourth-order valence-electron chi connectivity index (χ4n) is 1.88. The van der Waals surface area contributed by atoms with Crippen molar-refractivity contribution >= 4 is 22.5 Å². The van der Waals surface area contributed by atoms with Crippen LogP contribution in [0.3, 0.4) is 0 Å².